The lowest BCUT2D eigenvalue weighted by molar-refractivity contribution is -0.0743. The maximum Gasteiger partial charge on any atom is 0.233 e. The largest absolute Gasteiger partial charge is 0.381 e. The fraction of sp³-hybridized carbons (Fsp3) is 1.00. The Morgan fingerprint density at radius 1 is 1.20 bits per heavy atom. The van der Waals surface area contributed by atoms with Crippen LogP contribution in [-0.2, 0) is 23.3 Å². The zero-order valence-electron chi connectivity index (χ0n) is 11.7. The highest BCUT2D eigenvalue weighted by Crippen LogP contribution is 2.33. The molecule has 0 N–H and O–H groups in total. The molecule has 0 aliphatic carbocycles. The summed E-state index contributed by atoms with van der Waals surface area (Å²) in [7, 11) is 1.90. The fourth-order valence-electron chi connectivity index (χ4n) is 2.85. The van der Waals surface area contributed by atoms with Crippen LogP contribution < -0.4 is 0 Å². The zero-order chi connectivity index (χ0) is 14.5. The molecule has 0 bridgehead atoms. The van der Waals surface area contributed by atoms with E-state index in [1.807, 2.05) is 0 Å². The van der Waals surface area contributed by atoms with E-state index in [0.29, 0.717) is 39.3 Å². The van der Waals surface area contributed by atoms with Crippen molar-refractivity contribution in [2.24, 2.45) is 5.41 Å². The van der Waals surface area contributed by atoms with Crippen molar-refractivity contribution in [3.63, 3.8) is 0 Å². The highest BCUT2D eigenvalue weighted by atomic mass is 35.7. The topological polar surface area (TPSA) is 61.8 Å². The molecule has 2 heterocycles. The molecule has 0 aromatic heterocycles. The Morgan fingerprint density at radius 2 is 1.95 bits per heavy atom. The van der Waals surface area contributed by atoms with Gasteiger partial charge in [-0.3, -0.25) is 0 Å². The molecule has 2 aliphatic rings. The molecule has 2 fully saturated rings. The van der Waals surface area contributed by atoms with Gasteiger partial charge in [0.25, 0.3) is 0 Å². The monoisotopic (exact) mass is 326 g/mol. The molecule has 0 amide bonds. The Hall–Kier alpha value is 0.120. The maximum atomic E-state index is 11.4. The second-order valence-electron chi connectivity index (χ2n) is 5.80. The van der Waals surface area contributed by atoms with Gasteiger partial charge in [0, 0.05) is 35.9 Å². The first-order chi connectivity index (χ1) is 9.49. The third kappa shape index (κ3) is 5.48. The average Bonchev–Trinajstić information content (AvgIpc) is 2.39. The molecule has 0 aromatic rings. The first kappa shape index (κ1) is 16.5. The minimum Gasteiger partial charge on any atom is -0.381 e. The smallest absolute Gasteiger partial charge is 0.233 e. The van der Waals surface area contributed by atoms with E-state index in [1.165, 1.54) is 6.42 Å². The highest BCUT2D eigenvalue weighted by molar-refractivity contribution is 8.13. The molecule has 0 radical (unpaired) electrons. The third-order valence-electron chi connectivity index (χ3n) is 4.02. The average molecular weight is 327 g/mol. The molecular formula is C13H23ClO5S. The Morgan fingerprint density at radius 3 is 2.55 bits per heavy atom. The van der Waals surface area contributed by atoms with Crippen molar-refractivity contribution in [3.8, 4) is 0 Å². The van der Waals surface area contributed by atoms with Crippen LogP contribution in [0.15, 0.2) is 0 Å². The van der Waals surface area contributed by atoms with Crippen LogP contribution in [0.2, 0.25) is 0 Å². The van der Waals surface area contributed by atoms with Crippen LogP contribution in [0.1, 0.15) is 32.1 Å². The molecule has 0 saturated carbocycles. The van der Waals surface area contributed by atoms with Crippen molar-refractivity contribution in [1.82, 2.24) is 0 Å². The van der Waals surface area contributed by atoms with E-state index < -0.39 is 14.5 Å². The molecule has 20 heavy (non-hydrogen) atoms. The van der Waals surface area contributed by atoms with E-state index >= 15 is 0 Å². The Labute approximate surface area is 125 Å². The predicted octanol–water partition coefficient (Wildman–Crippen LogP) is 1.94. The van der Waals surface area contributed by atoms with Crippen LogP contribution in [0, 0.1) is 5.41 Å². The summed E-state index contributed by atoms with van der Waals surface area (Å²) in [5, 5.41) is 0. The molecule has 1 atom stereocenters. The molecular weight excluding hydrogens is 304 g/mol. The molecule has 2 rings (SSSR count). The molecule has 0 spiro atoms. The summed E-state index contributed by atoms with van der Waals surface area (Å²) < 4.78 is 39.5. The van der Waals surface area contributed by atoms with Gasteiger partial charge in [-0.15, -0.1) is 0 Å². The number of hydrogen-bond donors (Lipinski definition) is 0. The number of ether oxygens (including phenoxy) is 3. The van der Waals surface area contributed by atoms with Gasteiger partial charge in [0.15, 0.2) is 0 Å². The van der Waals surface area contributed by atoms with Crippen molar-refractivity contribution in [2.45, 2.75) is 38.2 Å². The number of halogens is 1. The van der Waals surface area contributed by atoms with Crippen LogP contribution in [0.4, 0.5) is 0 Å². The Bertz CT molecular complexity index is 386. The minimum absolute atomic E-state index is 0.0452. The predicted molar refractivity (Wildman–Crippen MR) is 76.5 cm³/mol. The standard InChI is InChI=1S/C13H23ClO5S/c14-20(15,16)11-13(4-7-17-8-5-13)10-18-9-12-3-1-2-6-19-12/h12H,1-11H2. The second-order valence-corrected chi connectivity index (χ2v) is 8.58. The van der Waals surface area contributed by atoms with Gasteiger partial charge in [-0.1, -0.05) is 0 Å². The van der Waals surface area contributed by atoms with Gasteiger partial charge in [-0.25, -0.2) is 8.42 Å². The zero-order valence-corrected chi connectivity index (χ0v) is 13.3. The third-order valence-corrected chi connectivity index (χ3v) is 5.30. The van der Waals surface area contributed by atoms with E-state index in [1.54, 1.807) is 0 Å². The lowest BCUT2D eigenvalue weighted by atomic mass is 9.83. The Kier molecular flexibility index (Phi) is 6.10. The molecule has 118 valence electrons. The van der Waals surface area contributed by atoms with Crippen molar-refractivity contribution in [2.75, 3.05) is 38.8 Å². The Balaban J connectivity index is 1.83. The van der Waals surface area contributed by atoms with E-state index in [4.69, 9.17) is 24.9 Å². The maximum absolute atomic E-state index is 11.4. The van der Waals surface area contributed by atoms with Crippen molar-refractivity contribution >= 4 is 19.7 Å². The summed E-state index contributed by atoms with van der Waals surface area (Å²) >= 11 is 0. The molecule has 2 saturated heterocycles. The highest BCUT2D eigenvalue weighted by Gasteiger charge is 2.37. The summed E-state index contributed by atoms with van der Waals surface area (Å²) in [6, 6.07) is 0. The molecule has 1 unspecified atom stereocenters. The number of rotatable bonds is 6. The van der Waals surface area contributed by atoms with Gasteiger partial charge >= 0.3 is 0 Å². The molecule has 7 heteroatoms. The first-order valence-electron chi connectivity index (χ1n) is 7.19. The van der Waals surface area contributed by atoms with Gasteiger partial charge in [0.1, 0.15) is 0 Å². The van der Waals surface area contributed by atoms with E-state index in [9.17, 15) is 8.42 Å². The number of hydrogen-bond acceptors (Lipinski definition) is 5. The SMILES string of the molecule is O=S(=O)(Cl)CC1(COCC2CCCCO2)CCOCC1. The summed E-state index contributed by atoms with van der Waals surface area (Å²) in [4.78, 5) is 0. The minimum atomic E-state index is -3.53. The van der Waals surface area contributed by atoms with Crippen LogP contribution in [-0.4, -0.2) is 53.3 Å². The van der Waals surface area contributed by atoms with Gasteiger partial charge in [0.2, 0.25) is 9.05 Å². The summed E-state index contributed by atoms with van der Waals surface area (Å²) in [6.45, 7) is 2.86. The first-order valence-corrected chi connectivity index (χ1v) is 9.66. The lowest BCUT2D eigenvalue weighted by Crippen LogP contribution is -2.40. The van der Waals surface area contributed by atoms with Crippen LogP contribution in [0.25, 0.3) is 0 Å². The summed E-state index contributed by atoms with van der Waals surface area (Å²) in [6.07, 6.45) is 4.79. The van der Waals surface area contributed by atoms with E-state index in [0.717, 1.165) is 19.4 Å². The molecule has 2 aliphatic heterocycles. The van der Waals surface area contributed by atoms with Crippen LogP contribution in [0.5, 0.6) is 0 Å². The van der Waals surface area contributed by atoms with Gasteiger partial charge < -0.3 is 14.2 Å². The van der Waals surface area contributed by atoms with Crippen molar-refractivity contribution < 1.29 is 22.6 Å². The normalized spacial score (nSPS) is 27.4. The van der Waals surface area contributed by atoms with Gasteiger partial charge in [-0.2, -0.15) is 0 Å². The summed E-state index contributed by atoms with van der Waals surface area (Å²) in [5.74, 6) is -0.0452. The van der Waals surface area contributed by atoms with E-state index in [-0.39, 0.29) is 11.9 Å². The van der Waals surface area contributed by atoms with Crippen LogP contribution in [0.3, 0.4) is 0 Å². The second kappa shape index (κ2) is 7.40. The van der Waals surface area contributed by atoms with Crippen molar-refractivity contribution in [3.05, 3.63) is 0 Å². The fourth-order valence-corrected chi connectivity index (χ4v) is 4.64. The summed E-state index contributed by atoms with van der Waals surface area (Å²) in [5.41, 5.74) is -0.409. The van der Waals surface area contributed by atoms with Crippen molar-refractivity contribution in [1.29, 1.82) is 0 Å². The van der Waals surface area contributed by atoms with E-state index in [2.05, 4.69) is 0 Å². The van der Waals surface area contributed by atoms with Gasteiger partial charge in [-0.05, 0) is 32.1 Å². The molecule has 0 aromatic carbocycles. The quantitative estimate of drug-likeness (QED) is 0.698. The van der Waals surface area contributed by atoms with Gasteiger partial charge in [0.05, 0.1) is 25.1 Å². The van der Waals surface area contributed by atoms with Crippen LogP contribution >= 0.6 is 10.7 Å². The lowest BCUT2D eigenvalue weighted by Gasteiger charge is -2.36. The molecule has 5 nitrogen and oxygen atoms in total.